The molecule has 0 aliphatic heterocycles. The summed E-state index contributed by atoms with van der Waals surface area (Å²) < 4.78 is 1.31. The molecule has 3 aromatic rings. The largest absolute Gasteiger partial charge is 0.494 e. The van der Waals surface area contributed by atoms with E-state index in [1.54, 1.807) is 13.0 Å². The minimum atomic E-state index is -0.734. The zero-order chi connectivity index (χ0) is 18.0. The maximum absolute atomic E-state index is 12.1. The van der Waals surface area contributed by atoms with Crippen LogP contribution in [-0.2, 0) is 6.54 Å². The first-order chi connectivity index (χ1) is 12.0. The second-order valence-electron chi connectivity index (χ2n) is 5.20. The Labute approximate surface area is 142 Å². The predicted octanol–water partition coefficient (Wildman–Crippen LogP) is 2.90. The van der Waals surface area contributed by atoms with Crippen molar-refractivity contribution in [3.63, 3.8) is 0 Å². The molecule has 0 atom stereocenters. The molecule has 0 bridgehead atoms. The molecule has 2 N–H and O–H groups in total. The number of amides is 2. The van der Waals surface area contributed by atoms with Crippen LogP contribution >= 0.6 is 0 Å². The quantitative estimate of drug-likeness (QED) is 0.712. The second kappa shape index (κ2) is 6.52. The van der Waals surface area contributed by atoms with Crippen molar-refractivity contribution in [1.82, 2.24) is 9.55 Å². The lowest BCUT2D eigenvalue weighted by atomic mass is 10.1. The normalized spacial score (nSPS) is 11.2. The lowest BCUT2D eigenvalue weighted by Gasteiger charge is -2.00. The van der Waals surface area contributed by atoms with Crippen molar-refractivity contribution in [3.05, 3.63) is 53.9 Å². The number of hydrogen-bond acceptors (Lipinski definition) is 5. The standard InChI is InChI=1S/C17H14N4O4/c1-2-21-16(24)12-6-5-10(8-13(12)17(21)25)14(22)19-20-15(23)11-4-3-7-18-9-11/h3-9,24-25H,2H2,1H3. The summed E-state index contributed by atoms with van der Waals surface area (Å²) in [5.74, 6) is -1.64. The van der Waals surface area contributed by atoms with E-state index in [0.717, 1.165) is 0 Å². The average molecular weight is 338 g/mol. The maximum Gasteiger partial charge on any atom is 0.297 e. The minimum Gasteiger partial charge on any atom is -0.494 e. The molecule has 2 aromatic heterocycles. The zero-order valence-corrected chi connectivity index (χ0v) is 13.2. The van der Waals surface area contributed by atoms with E-state index in [1.807, 2.05) is 0 Å². The van der Waals surface area contributed by atoms with Crippen LogP contribution in [0.5, 0.6) is 11.8 Å². The summed E-state index contributed by atoms with van der Waals surface area (Å²) in [6.45, 7) is 2.14. The average Bonchev–Trinajstić information content (AvgIpc) is 2.89. The zero-order valence-electron chi connectivity index (χ0n) is 13.2. The number of carbonyl (C=O) groups excluding carboxylic acids is 2. The van der Waals surface area contributed by atoms with Gasteiger partial charge in [-0.3, -0.25) is 19.1 Å². The number of rotatable bonds is 3. The number of carbonyl (C=O) groups is 2. The Morgan fingerprint density at radius 1 is 1.04 bits per heavy atom. The van der Waals surface area contributed by atoms with Crippen molar-refractivity contribution >= 4 is 22.6 Å². The molecule has 0 saturated carbocycles. The molecule has 3 rings (SSSR count). The van der Waals surface area contributed by atoms with Crippen LogP contribution in [0.4, 0.5) is 0 Å². The van der Waals surface area contributed by atoms with Crippen LogP contribution in [0.2, 0.25) is 0 Å². The van der Waals surface area contributed by atoms with Crippen molar-refractivity contribution in [2.45, 2.75) is 13.5 Å². The van der Waals surface area contributed by atoms with E-state index in [0.29, 0.717) is 17.3 Å². The van der Waals surface area contributed by atoms with E-state index in [4.69, 9.17) is 0 Å². The molecule has 0 fully saturated rings. The van der Waals surface area contributed by atoms with Gasteiger partial charge in [-0.2, -0.15) is 0 Å². The van der Waals surface area contributed by atoms with Crippen molar-refractivity contribution in [2.75, 3.05) is 0 Å². The SMILES string of the molecule is CCn1c(O)c2ccc(C(=O)N=NC(=O)c3cccnc3)cc2c1O. The van der Waals surface area contributed by atoms with Crippen LogP contribution in [0.25, 0.3) is 10.8 Å². The monoisotopic (exact) mass is 338 g/mol. The highest BCUT2D eigenvalue weighted by Crippen LogP contribution is 2.36. The first-order valence-corrected chi connectivity index (χ1v) is 7.47. The summed E-state index contributed by atoms with van der Waals surface area (Å²) in [7, 11) is 0. The van der Waals surface area contributed by atoms with Gasteiger partial charge in [0.2, 0.25) is 11.8 Å². The smallest absolute Gasteiger partial charge is 0.297 e. The third kappa shape index (κ3) is 2.97. The Bertz CT molecular complexity index is 993. The van der Waals surface area contributed by atoms with Crippen molar-refractivity contribution in [1.29, 1.82) is 0 Å². The summed E-state index contributed by atoms with van der Waals surface area (Å²) in [5.41, 5.74) is 0.357. The molecule has 1 aromatic carbocycles. The van der Waals surface area contributed by atoms with Crippen LogP contribution in [0.15, 0.2) is 53.0 Å². The lowest BCUT2D eigenvalue weighted by Crippen LogP contribution is -1.98. The minimum absolute atomic E-state index is 0.0811. The number of benzene rings is 1. The van der Waals surface area contributed by atoms with Crippen LogP contribution in [0, 0.1) is 0 Å². The molecule has 8 nitrogen and oxygen atoms in total. The summed E-state index contributed by atoms with van der Waals surface area (Å²) >= 11 is 0. The van der Waals surface area contributed by atoms with Crippen LogP contribution < -0.4 is 0 Å². The Hall–Kier alpha value is -3.55. The Morgan fingerprint density at radius 3 is 2.36 bits per heavy atom. The van der Waals surface area contributed by atoms with E-state index < -0.39 is 11.8 Å². The van der Waals surface area contributed by atoms with Gasteiger partial charge in [-0.25, -0.2) is 0 Å². The highest BCUT2D eigenvalue weighted by Gasteiger charge is 2.17. The van der Waals surface area contributed by atoms with E-state index in [2.05, 4.69) is 15.2 Å². The van der Waals surface area contributed by atoms with Crippen molar-refractivity contribution < 1.29 is 19.8 Å². The third-order valence-electron chi connectivity index (χ3n) is 3.72. The number of nitrogens with zero attached hydrogens (tertiary/aromatic N) is 4. The van der Waals surface area contributed by atoms with E-state index >= 15 is 0 Å². The van der Waals surface area contributed by atoms with Gasteiger partial charge in [-0.1, -0.05) is 0 Å². The summed E-state index contributed by atoms with van der Waals surface area (Å²) in [5, 5.41) is 27.7. The number of aromatic nitrogens is 2. The third-order valence-corrected chi connectivity index (χ3v) is 3.72. The van der Waals surface area contributed by atoms with Crippen LogP contribution in [0.3, 0.4) is 0 Å². The Morgan fingerprint density at radius 2 is 1.72 bits per heavy atom. The van der Waals surface area contributed by atoms with Crippen molar-refractivity contribution in [3.8, 4) is 11.8 Å². The number of aromatic hydroxyl groups is 2. The predicted molar refractivity (Wildman–Crippen MR) is 88.7 cm³/mol. The maximum atomic E-state index is 12.1. The fourth-order valence-electron chi connectivity index (χ4n) is 2.44. The second-order valence-corrected chi connectivity index (χ2v) is 5.20. The first-order valence-electron chi connectivity index (χ1n) is 7.47. The molecule has 0 spiro atoms. The summed E-state index contributed by atoms with van der Waals surface area (Å²) in [6, 6.07) is 7.43. The number of hydrogen-bond donors (Lipinski definition) is 2. The van der Waals surface area contributed by atoms with Gasteiger partial charge in [0.15, 0.2) is 0 Å². The fraction of sp³-hybridized carbons (Fsp3) is 0.118. The molecular formula is C17H14N4O4. The van der Waals surface area contributed by atoms with Crippen molar-refractivity contribution in [2.24, 2.45) is 10.2 Å². The fourth-order valence-corrected chi connectivity index (χ4v) is 2.44. The molecule has 126 valence electrons. The molecule has 2 amide bonds. The molecule has 0 unspecified atom stereocenters. The van der Waals surface area contributed by atoms with Gasteiger partial charge in [-0.15, -0.1) is 10.2 Å². The number of azo groups is 1. The topological polar surface area (TPSA) is 117 Å². The van der Waals surface area contributed by atoms with Gasteiger partial charge < -0.3 is 10.2 Å². The molecular weight excluding hydrogens is 324 g/mol. The van der Waals surface area contributed by atoms with Gasteiger partial charge >= 0.3 is 0 Å². The summed E-state index contributed by atoms with van der Waals surface area (Å²) in [6.07, 6.45) is 2.84. The van der Waals surface area contributed by atoms with E-state index in [-0.39, 0.29) is 22.9 Å². The Balaban J connectivity index is 1.89. The number of fused-ring (bicyclic) bond motifs is 1. The number of pyridine rings is 1. The molecule has 8 heteroatoms. The highest BCUT2D eigenvalue weighted by atomic mass is 16.3. The molecule has 0 aliphatic rings. The summed E-state index contributed by atoms with van der Waals surface area (Å²) in [4.78, 5) is 27.7. The van der Waals surface area contributed by atoms with Crippen LogP contribution in [0.1, 0.15) is 27.6 Å². The van der Waals surface area contributed by atoms with Gasteiger partial charge in [0.05, 0.1) is 5.56 Å². The first kappa shape index (κ1) is 16.3. The Kier molecular flexibility index (Phi) is 4.25. The van der Waals surface area contributed by atoms with Gasteiger partial charge in [0, 0.05) is 35.3 Å². The highest BCUT2D eigenvalue weighted by molar-refractivity contribution is 6.03. The van der Waals surface area contributed by atoms with Gasteiger partial charge in [0.1, 0.15) is 0 Å². The lowest BCUT2D eigenvalue weighted by molar-refractivity contribution is 0.0946. The van der Waals surface area contributed by atoms with Crippen LogP contribution in [-0.4, -0.2) is 31.6 Å². The molecule has 25 heavy (non-hydrogen) atoms. The van der Waals surface area contributed by atoms with Gasteiger partial charge in [-0.05, 0) is 37.3 Å². The molecule has 0 radical (unpaired) electrons. The van der Waals surface area contributed by atoms with E-state index in [1.165, 1.54) is 41.2 Å². The molecule has 0 saturated heterocycles. The molecule has 0 aliphatic carbocycles. The van der Waals surface area contributed by atoms with E-state index in [9.17, 15) is 19.8 Å². The van der Waals surface area contributed by atoms with Gasteiger partial charge in [0.25, 0.3) is 11.8 Å². The molecule has 2 heterocycles.